The third-order valence-corrected chi connectivity index (χ3v) is 3.01. The van der Waals surface area contributed by atoms with E-state index in [4.69, 9.17) is 17.3 Å². The van der Waals surface area contributed by atoms with Crippen LogP contribution in [0.1, 0.15) is 15.9 Å². The molecule has 0 saturated carbocycles. The standard InChI is InChI=1S/C14H11ClF2N2O/c1-7-2-4-9(16)12(13(7)17)14(20)19-11-5-3-8(15)6-10(11)18/h2-6H,18H2,1H3,(H,19,20). The zero-order valence-corrected chi connectivity index (χ0v) is 11.3. The monoisotopic (exact) mass is 296 g/mol. The van der Waals surface area contributed by atoms with Crippen molar-refractivity contribution in [2.45, 2.75) is 6.92 Å². The normalized spacial score (nSPS) is 10.4. The van der Waals surface area contributed by atoms with E-state index in [2.05, 4.69) is 5.32 Å². The van der Waals surface area contributed by atoms with Gasteiger partial charge in [-0.15, -0.1) is 0 Å². The van der Waals surface area contributed by atoms with Crippen molar-refractivity contribution in [3.05, 3.63) is 58.1 Å². The Morgan fingerprint density at radius 2 is 1.95 bits per heavy atom. The highest BCUT2D eigenvalue weighted by atomic mass is 35.5. The number of amides is 1. The van der Waals surface area contributed by atoms with Crippen molar-refractivity contribution < 1.29 is 13.6 Å². The van der Waals surface area contributed by atoms with Crippen LogP contribution in [0.3, 0.4) is 0 Å². The molecule has 104 valence electrons. The summed E-state index contributed by atoms with van der Waals surface area (Å²) in [6, 6.07) is 6.70. The van der Waals surface area contributed by atoms with Gasteiger partial charge in [0.15, 0.2) is 0 Å². The maximum Gasteiger partial charge on any atom is 0.261 e. The molecule has 2 aromatic carbocycles. The lowest BCUT2D eigenvalue weighted by atomic mass is 10.1. The van der Waals surface area contributed by atoms with Crippen molar-refractivity contribution >= 4 is 28.9 Å². The summed E-state index contributed by atoms with van der Waals surface area (Å²) in [6.07, 6.45) is 0. The van der Waals surface area contributed by atoms with Gasteiger partial charge in [-0.05, 0) is 36.8 Å². The molecule has 0 atom stereocenters. The molecule has 0 unspecified atom stereocenters. The summed E-state index contributed by atoms with van der Waals surface area (Å²) >= 11 is 5.73. The summed E-state index contributed by atoms with van der Waals surface area (Å²) in [4.78, 5) is 12.0. The van der Waals surface area contributed by atoms with Gasteiger partial charge in [-0.25, -0.2) is 8.78 Å². The van der Waals surface area contributed by atoms with Gasteiger partial charge in [-0.2, -0.15) is 0 Å². The number of rotatable bonds is 2. The largest absolute Gasteiger partial charge is 0.397 e. The maximum atomic E-state index is 13.8. The average molecular weight is 297 g/mol. The second kappa shape index (κ2) is 5.46. The maximum absolute atomic E-state index is 13.8. The van der Waals surface area contributed by atoms with E-state index < -0.39 is 23.1 Å². The highest BCUT2D eigenvalue weighted by Gasteiger charge is 2.19. The van der Waals surface area contributed by atoms with E-state index in [0.717, 1.165) is 6.07 Å². The molecule has 0 heterocycles. The summed E-state index contributed by atoms with van der Waals surface area (Å²) in [5, 5.41) is 2.76. The van der Waals surface area contributed by atoms with Gasteiger partial charge in [0.2, 0.25) is 0 Å². The van der Waals surface area contributed by atoms with E-state index in [1.165, 1.54) is 31.2 Å². The molecular formula is C14H11ClF2N2O. The molecule has 0 fully saturated rings. The van der Waals surface area contributed by atoms with Gasteiger partial charge in [-0.3, -0.25) is 4.79 Å². The number of carbonyl (C=O) groups is 1. The number of benzene rings is 2. The van der Waals surface area contributed by atoms with Crippen LogP contribution < -0.4 is 11.1 Å². The minimum atomic E-state index is -0.932. The molecule has 0 aliphatic heterocycles. The van der Waals surface area contributed by atoms with Crippen LogP contribution in [-0.4, -0.2) is 5.91 Å². The molecule has 0 aliphatic rings. The van der Waals surface area contributed by atoms with Gasteiger partial charge in [0, 0.05) is 5.02 Å². The van der Waals surface area contributed by atoms with Crippen LogP contribution >= 0.6 is 11.6 Å². The number of hydrogen-bond acceptors (Lipinski definition) is 2. The Bertz CT molecular complexity index is 689. The number of hydrogen-bond donors (Lipinski definition) is 2. The minimum absolute atomic E-state index is 0.181. The lowest BCUT2D eigenvalue weighted by Crippen LogP contribution is -2.17. The number of carbonyl (C=O) groups excluding carboxylic acids is 1. The Balaban J connectivity index is 2.36. The first kappa shape index (κ1) is 14.3. The second-order valence-electron chi connectivity index (χ2n) is 4.24. The summed E-state index contributed by atoms with van der Waals surface area (Å²) in [6.45, 7) is 1.45. The van der Waals surface area contributed by atoms with E-state index in [9.17, 15) is 13.6 Å². The third kappa shape index (κ3) is 2.72. The van der Waals surface area contributed by atoms with Crippen LogP contribution in [0.4, 0.5) is 20.2 Å². The van der Waals surface area contributed by atoms with Gasteiger partial charge in [0.25, 0.3) is 5.91 Å². The molecule has 2 rings (SSSR count). The van der Waals surface area contributed by atoms with Crippen LogP contribution in [0, 0.1) is 18.6 Å². The molecule has 1 amide bonds. The highest BCUT2D eigenvalue weighted by molar-refractivity contribution is 6.31. The average Bonchev–Trinajstić information content (AvgIpc) is 2.38. The van der Waals surface area contributed by atoms with Crippen LogP contribution in [0.2, 0.25) is 5.02 Å². The number of aryl methyl sites for hydroxylation is 1. The Labute approximate surface area is 119 Å². The number of anilines is 2. The molecule has 0 bridgehead atoms. The van der Waals surface area contributed by atoms with Crippen LogP contribution in [-0.2, 0) is 0 Å². The first-order valence-corrected chi connectivity index (χ1v) is 6.09. The summed E-state index contributed by atoms with van der Waals surface area (Å²) < 4.78 is 27.4. The van der Waals surface area contributed by atoms with Gasteiger partial charge in [-0.1, -0.05) is 17.7 Å². The predicted octanol–water partition coefficient (Wildman–Crippen LogP) is 3.76. The molecule has 0 aromatic heterocycles. The number of nitrogen functional groups attached to an aromatic ring is 1. The van der Waals surface area contributed by atoms with Crippen LogP contribution in [0.25, 0.3) is 0 Å². The topological polar surface area (TPSA) is 55.1 Å². The molecule has 2 aromatic rings. The van der Waals surface area contributed by atoms with Gasteiger partial charge >= 0.3 is 0 Å². The molecule has 3 nitrogen and oxygen atoms in total. The van der Waals surface area contributed by atoms with Crippen LogP contribution in [0.5, 0.6) is 0 Å². The first-order chi connectivity index (χ1) is 9.40. The molecule has 0 aliphatic carbocycles. The van der Waals surface area contributed by atoms with E-state index in [1.54, 1.807) is 0 Å². The Kier molecular flexibility index (Phi) is 3.90. The van der Waals surface area contributed by atoms with Crippen LogP contribution in [0.15, 0.2) is 30.3 Å². The molecule has 20 heavy (non-hydrogen) atoms. The SMILES string of the molecule is Cc1ccc(F)c(C(=O)Nc2ccc(Cl)cc2N)c1F. The molecular weight excluding hydrogens is 286 g/mol. The Morgan fingerprint density at radius 3 is 2.60 bits per heavy atom. The fourth-order valence-corrected chi connectivity index (χ4v) is 1.88. The summed E-state index contributed by atoms with van der Waals surface area (Å²) in [7, 11) is 0. The number of nitrogens with one attached hydrogen (secondary N) is 1. The van der Waals surface area contributed by atoms with E-state index in [-0.39, 0.29) is 16.9 Å². The van der Waals surface area contributed by atoms with Crippen molar-refractivity contribution in [3.63, 3.8) is 0 Å². The van der Waals surface area contributed by atoms with Crippen molar-refractivity contribution in [1.82, 2.24) is 0 Å². The van der Waals surface area contributed by atoms with Gasteiger partial charge in [0.1, 0.15) is 17.2 Å². The van der Waals surface area contributed by atoms with E-state index in [0.29, 0.717) is 5.02 Å². The third-order valence-electron chi connectivity index (χ3n) is 2.77. The summed E-state index contributed by atoms with van der Waals surface area (Å²) in [5.74, 6) is -2.73. The smallest absolute Gasteiger partial charge is 0.261 e. The lowest BCUT2D eigenvalue weighted by Gasteiger charge is -2.10. The van der Waals surface area contributed by atoms with Crippen molar-refractivity contribution in [3.8, 4) is 0 Å². The fourth-order valence-electron chi connectivity index (χ4n) is 1.70. The van der Waals surface area contributed by atoms with Gasteiger partial charge in [0.05, 0.1) is 11.4 Å². The number of halogens is 3. The van der Waals surface area contributed by atoms with Crippen molar-refractivity contribution in [1.29, 1.82) is 0 Å². The van der Waals surface area contributed by atoms with Crippen molar-refractivity contribution in [2.75, 3.05) is 11.1 Å². The van der Waals surface area contributed by atoms with Crippen molar-refractivity contribution in [2.24, 2.45) is 0 Å². The first-order valence-electron chi connectivity index (χ1n) is 5.71. The molecule has 0 radical (unpaired) electrons. The molecule has 0 spiro atoms. The van der Waals surface area contributed by atoms with E-state index in [1.807, 2.05) is 0 Å². The summed E-state index contributed by atoms with van der Waals surface area (Å²) in [5.41, 5.74) is 5.65. The predicted molar refractivity (Wildman–Crippen MR) is 74.9 cm³/mol. The lowest BCUT2D eigenvalue weighted by molar-refractivity contribution is 0.101. The second-order valence-corrected chi connectivity index (χ2v) is 4.68. The van der Waals surface area contributed by atoms with Gasteiger partial charge < -0.3 is 11.1 Å². The van der Waals surface area contributed by atoms with E-state index >= 15 is 0 Å². The fraction of sp³-hybridized carbons (Fsp3) is 0.0714. The number of nitrogens with two attached hydrogens (primary N) is 1. The Morgan fingerprint density at radius 1 is 1.25 bits per heavy atom. The quantitative estimate of drug-likeness (QED) is 0.829. The zero-order chi connectivity index (χ0) is 14.9. The molecule has 3 N–H and O–H groups in total. The minimum Gasteiger partial charge on any atom is -0.397 e. The highest BCUT2D eigenvalue weighted by Crippen LogP contribution is 2.24. The molecule has 0 saturated heterocycles. The molecule has 6 heteroatoms. The Hall–Kier alpha value is -2.14. The zero-order valence-electron chi connectivity index (χ0n) is 10.5.